The molecule has 45 heavy (non-hydrogen) atoms. The molecule has 0 radical (unpaired) electrons. The fourth-order valence-corrected chi connectivity index (χ4v) is 6.78. The minimum atomic E-state index is -1.53. The number of nitrogens with zero attached hydrogens (tertiary/aromatic N) is 2. The van der Waals surface area contributed by atoms with E-state index < -0.39 is 34.6 Å². The van der Waals surface area contributed by atoms with Crippen LogP contribution in [0.1, 0.15) is 87.5 Å². The number of aliphatic hydroxyl groups is 1. The summed E-state index contributed by atoms with van der Waals surface area (Å²) in [5, 5.41) is 17.5. The summed E-state index contributed by atoms with van der Waals surface area (Å²) in [6, 6.07) is 13.2. The Morgan fingerprint density at radius 3 is 2.58 bits per heavy atom. The van der Waals surface area contributed by atoms with Crippen molar-refractivity contribution >= 4 is 17.4 Å². The number of Topliss-reactive ketones (excluding diaryl/α,β-unsaturated/α-hetero) is 1. The van der Waals surface area contributed by atoms with Crippen LogP contribution in [-0.4, -0.2) is 38.6 Å². The van der Waals surface area contributed by atoms with Crippen molar-refractivity contribution in [3.8, 4) is 17.3 Å². The topological polar surface area (TPSA) is 140 Å². The summed E-state index contributed by atoms with van der Waals surface area (Å²) in [6.45, 7) is 11.1. The first kappa shape index (κ1) is 29.3. The lowest BCUT2D eigenvalue weighted by atomic mass is 9.72. The van der Waals surface area contributed by atoms with Crippen molar-refractivity contribution in [3.63, 3.8) is 0 Å². The third-order valence-corrected chi connectivity index (χ3v) is 9.54. The minimum Gasteiger partial charge on any atom is -0.469 e. The zero-order valence-electron chi connectivity index (χ0n) is 26.4. The Morgan fingerprint density at radius 1 is 1.09 bits per heavy atom. The number of aryl methyl sites for hydroxylation is 1. The molecular weight excluding hydrogens is 572 g/mol. The molecule has 5 atom stereocenters. The second-order valence-electron chi connectivity index (χ2n) is 13.8. The normalized spacial score (nSPS) is 24.7. The van der Waals surface area contributed by atoms with Crippen molar-refractivity contribution in [2.45, 2.75) is 84.1 Å². The maximum atomic E-state index is 14.1. The van der Waals surface area contributed by atoms with Gasteiger partial charge in [-0.05, 0) is 55.4 Å². The molecule has 1 amide bonds. The average Bonchev–Trinajstić information content (AvgIpc) is 3.75. The molecule has 3 N–H and O–H groups in total. The van der Waals surface area contributed by atoms with E-state index in [-0.39, 0.29) is 31.0 Å². The van der Waals surface area contributed by atoms with E-state index in [0.717, 1.165) is 22.4 Å². The van der Waals surface area contributed by atoms with Gasteiger partial charge >= 0.3 is 0 Å². The van der Waals surface area contributed by atoms with E-state index in [9.17, 15) is 14.7 Å². The zero-order valence-corrected chi connectivity index (χ0v) is 26.4. The molecule has 4 aromatic rings. The first-order chi connectivity index (χ1) is 21.3. The molecule has 7 rings (SSSR count). The highest BCUT2D eigenvalue weighted by Crippen LogP contribution is 2.59. The number of benzene rings is 2. The van der Waals surface area contributed by atoms with Gasteiger partial charge in [-0.2, -0.15) is 0 Å². The first-order valence-electron chi connectivity index (χ1n) is 15.5. The molecule has 10 heteroatoms. The van der Waals surface area contributed by atoms with Gasteiger partial charge < -0.3 is 29.3 Å². The number of rotatable bonds is 5. The number of aromatic nitrogens is 2. The third kappa shape index (κ3) is 4.48. The number of nitrogens with one attached hydrogen (secondary N) is 2. The average molecular weight is 611 g/mol. The van der Waals surface area contributed by atoms with Crippen molar-refractivity contribution in [1.82, 2.24) is 15.3 Å². The highest BCUT2D eigenvalue weighted by molar-refractivity contribution is 5.91. The molecule has 234 valence electrons. The van der Waals surface area contributed by atoms with E-state index >= 15 is 0 Å². The number of para-hydroxylation sites is 1. The summed E-state index contributed by atoms with van der Waals surface area (Å²) in [7, 11) is 0. The smallest absolute Gasteiger partial charge is 0.249 e. The second kappa shape index (κ2) is 10.0. The third-order valence-electron chi connectivity index (χ3n) is 9.54. The van der Waals surface area contributed by atoms with E-state index in [1.165, 1.54) is 6.92 Å². The quantitative estimate of drug-likeness (QED) is 0.263. The Morgan fingerprint density at radius 2 is 1.87 bits per heavy atom. The minimum absolute atomic E-state index is 0.118. The van der Waals surface area contributed by atoms with E-state index in [2.05, 4.69) is 21.7 Å². The van der Waals surface area contributed by atoms with Crippen molar-refractivity contribution < 1.29 is 28.3 Å². The molecule has 2 aromatic heterocycles. The Hall–Kier alpha value is -4.44. The highest BCUT2D eigenvalue weighted by Gasteiger charge is 2.61. The number of fused-ring (bicyclic) bond motifs is 4. The van der Waals surface area contributed by atoms with Crippen LogP contribution in [0.15, 0.2) is 57.6 Å². The fraction of sp³-hybridized carbons (Fsp3) is 0.429. The van der Waals surface area contributed by atoms with E-state index in [1.807, 2.05) is 64.1 Å². The first-order valence-corrected chi connectivity index (χ1v) is 15.5. The number of hydrogen-bond donors (Lipinski definition) is 3. The van der Waals surface area contributed by atoms with Gasteiger partial charge in [-0.25, -0.2) is 9.97 Å². The number of amides is 1. The lowest BCUT2D eigenvalue weighted by Crippen LogP contribution is -2.43. The van der Waals surface area contributed by atoms with Crippen LogP contribution in [0.3, 0.4) is 0 Å². The van der Waals surface area contributed by atoms with Gasteiger partial charge in [0, 0.05) is 23.6 Å². The molecule has 0 saturated carbocycles. The van der Waals surface area contributed by atoms with Gasteiger partial charge in [-0.1, -0.05) is 58.0 Å². The number of hydrogen-bond acceptors (Lipinski definition) is 9. The number of anilines is 1. The van der Waals surface area contributed by atoms with Crippen LogP contribution in [0.25, 0.3) is 11.6 Å². The number of ketones is 1. The van der Waals surface area contributed by atoms with Crippen LogP contribution in [0.5, 0.6) is 5.75 Å². The van der Waals surface area contributed by atoms with E-state index in [0.29, 0.717) is 34.7 Å². The summed E-state index contributed by atoms with van der Waals surface area (Å²) >= 11 is 0. The molecular formula is C35H38N4O6. The molecule has 10 nitrogen and oxygen atoms in total. The maximum Gasteiger partial charge on any atom is 0.249 e. The van der Waals surface area contributed by atoms with Crippen LogP contribution >= 0.6 is 0 Å². The summed E-state index contributed by atoms with van der Waals surface area (Å²) in [5.74, 6) is 0.342. The predicted octanol–water partition coefficient (Wildman–Crippen LogP) is 5.61. The highest BCUT2D eigenvalue weighted by atomic mass is 16.5. The molecule has 2 unspecified atom stereocenters. The fourth-order valence-electron chi connectivity index (χ4n) is 6.78. The summed E-state index contributed by atoms with van der Waals surface area (Å²) in [5.41, 5.74) is 1.66. The largest absolute Gasteiger partial charge is 0.469 e. The van der Waals surface area contributed by atoms with Crippen molar-refractivity contribution in [3.05, 3.63) is 82.8 Å². The Balaban J connectivity index is 1.50. The molecule has 0 fully saturated rings. The van der Waals surface area contributed by atoms with Gasteiger partial charge in [0.1, 0.15) is 29.1 Å². The van der Waals surface area contributed by atoms with Crippen LogP contribution in [0.2, 0.25) is 0 Å². The second-order valence-corrected chi connectivity index (χ2v) is 13.8. The van der Waals surface area contributed by atoms with Crippen LogP contribution in [0, 0.1) is 18.3 Å². The molecule has 0 aliphatic carbocycles. The summed E-state index contributed by atoms with van der Waals surface area (Å²) < 4.78 is 19.4. The maximum absolute atomic E-state index is 14.1. The van der Waals surface area contributed by atoms with Crippen molar-refractivity contribution in [2.24, 2.45) is 11.3 Å². The molecule has 1 spiro atoms. The van der Waals surface area contributed by atoms with Crippen LogP contribution in [0.4, 0.5) is 5.69 Å². The molecule has 3 aliphatic heterocycles. The zero-order chi connectivity index (χ0) is 31.9. The van der Waals surface area contributed by atoms with Gasteiger partial charge in [0.15, 0.2) is 23.5 Å². The molecule has 3 aliphatic rings. The molecule has 4 bridgehead atoms. The van der Waals surface area contributed by atoms with E-state index in [1.54, 1.807) is 13.2 Å². The van der Waals surface area contributed by atoms with Gasteiger partial charge in [-0.15, -0.1) is 0 Å². The van der Waals surface area contributed by atoms with Gasteiger partial charge in [-0.3, -0.25) is 9.59 Å². The van der Waals surface area contributed by atoms with Gasteiger partial charge in [0.25, 0.3) is 0 Å². The van der Waals surface area contributed by atoms with Crippen molar-refractivity contribution in [2.75, 3.05) is 5.32 Å². The molecule has 2 aromatic carbocycles. The van der Waals surface area contributed by atoms with E-state index in [4.69, 9.17) is 18.6 Å². The van der Waals surface area contributed by atoms with Gasteiger partial charge in [0.2, 0.25) is 17.7 Å². The lowest BCUT2D eigenvalue weighted by Gasteiger charge is -2.32. The van der Waals surface area contributed by atoms with Crippen LogP contribution < -0.4 is 15.4 Å². The van der Waals surface area contributed by atoms with Gasteiger partial charge in [0.05, 0.1) is 5.69 Å². The lowest BCUT2D eigenvalue weighted by molar-refractivity contribution is -0.140. The SMILES string of the molecule is CCC(C)(O)C(=O)C[C@H]1Cc2ccc3c(c2)[C@@]2(c4ccccc4NC2O3)c2oc(nc2-c2nc(C)co2)[C@H](C(C)(C)C)NC1=O. The Bertz CT molecular complexity index is 1830. The number of carbonyl (C=O) groups is 2. The van der Waals surface area contributed by atoms with Crippen LogP contribution in [-0.2, 0) is 21.4 Å². The molecule has 0 saturated heterocycles. The number of carbonyl (C=O) groups excluding carboxylic acids is 2. The summed E-state index contributed by atoms with van der Waals surface area (Å²) in [6.07, 6.45) is 1.44. The Labute approximate surface area is 261 Å². The predicted molar refractivity (Wildman–Crippen MR) is 166 cm³/mol. The number of oxazole rings is 2. The standard InChI is InChI=1S/C35H38N4O6/c1-7-34(6,42)25(40)16-20-14-19-12-13-24-22(15-19)35(21-10-8-9-11-23(21)37-32(35)44-24)28-26(30-36-18(2)17-43-30)38-31(45-28)27(33(3,4)5)39-29(20)41/h8-13,15,17,20,27,32,37,42H,7,14,16H2,1-6H3,(H,39,41)/t20-,27-,32?,34?,35+/m1/s1. The monoisotopic (exact) mass is 610 g/mol. The number of ether oxygens (including phenoxy) is 1. The summed E-state index contributed by atoms with van der Waals surface area (Å²) in [4.78, 5) is 37.1. The van der Waals surface area contributed by atoms with Crippen molar-refractivity contribution in [1.29, 1.82) is 0 Å². The Kier molecular flexibility index (Phi) is 6.53. The molecule has 5 heterocycles.